The molecule has 3 unspecified atom stereocenters. The highest BCUT2D eigenvalue weighted by Gasteiger charge is 2.27. The second-order valence-corrected chi connectivity index (χ2v) is 20.7. The Morgan fingerprint density at radius 1 is 0.514 bits per heavy atom. The first kappa shape index (κ1) is 66.7. The van der Waals surface area contributed by atoms with E-state index in [1.807, 2.05) is 27.2 Å². The number of allylic oxidation sites excluding steroid dienone is 17. The van der Waals surface area contributed by atoms with Gasteiger partial charge in [0.05, 0.1) is 33.8 Å². The van der Waals surface area contributed by atoms with Crippen molar-refractivity contribution in [2.75, 3.05) is 40.9 Å². The molecular weight excluding hydrogens is 892 g/mol. The summed E-state index contributed by atoms with van der Waals surface area (Å²) in [5.74, 6) is -0.645. The molecule has 3 atom stereocenters. The van der Waals surface area contributed by atoms with Crippen LogP contribution in [0.4, 0.5) is 0 Å². The summed E-state index contributed by atoms with van der Waals surface area (Å²) in [7, 11) is 1.12. The monoisotopic (exact) mass is 995 g/mol. The number of rotatable bonds is 48. The lowest BCUT2D eigenvalue weighted by Crippen LogP contribution is -2.47. The van der Waals surface area contributed by atoms with Crippen LogP contribution in [-0.4, -0.2) is 69.4 Å². The van der Waals surface area contributed by atoms with Crippen LogP contribution in [0, 0.1) is 0 Å². The first-order valence-corrected chi connectivity index (χ1v) is 29.2. The average molecular weight is 995 g/mol. The Kier molecular flexibility index (Phi) is 46.9. The number of ether oxygens (including phenoxy) is 1. The van der Waals surface area contributed by atoms with Gasteiger partial charge in [0.2, 0.25) is 5.91 Å². The quantitative estimate of drug-likeness (QED) is 0.0212. The summed E-state index contributed by atoms with van der Waals surface area (Å²) in [6, 6.07) is -0.929. The maximum atomic E-state index is 13.5. The molecule has 0 aromatic heterocycles. The van der Waals surface area contributed by atoms with Crippen LogP contribution in [0.15, 0.2) is 109 Å². The van der Waals surface area contributed by atoms with Gasteiger partial charge in [-0.15, -0.1) is 0 Å². The second kappa shape index (κ2) is 49.3. The number of esters is 1. The highest BCUT2D eigenvalue weighted by atomic mass is 31.2. The van der Waals surface area contributed by atoms with Crippen molar-refractivity contribution in [3.8, 4) is 0 Å². The van der Waals surface area contributed by atoms with Gasteiger partial charge in [0.25, 0.3) is 7.82 Å². The highest BCUT2D eigenvalue weighted by Crippen LogP contribution is 2.38. The summed E-state index contributed by atoms with van der Waals surface area (Å²) in [6.45, 7) is 6.53. The van der Waals surface area contributed by atoms with Crippen molar-refractivity contribution >= 4 is 19.7 Å². The normalized spacial score (nSPS) is 14.7. The Balaban J connectivity index is 5.55. The molecule has 400 valence electrons. The molecule has 0 heterocycles. The number of hydrogen-bond acceptors (Lipinski definition) is 7. The zero-order chi connectivity index (χ0) is 51.5. The van der Waals surface area contributed by atoms with E-state index in [1.165, 1.54) is 57.8 Å². The molecule has 0 aromatic rings. The van der Waals surface area contributed by atoms with E-state index >= 15 is 0 Å². The number of nitrogens with one attached hydrogen (secondary N) is 1. The van der Waals surface area contributed by atoms with Crippen LogP contribution in [0.2, 0.25) is 0 Å². The molecule has 10 heteroatoms. The van der Waals surface area contributed by atoms with Crippen molar-refractivity contribution in [2.45, 2.75) is 219 Å². The fourth-order valence-electron chi connectivity index (χ4n) is 7.22. The number of amides is 1. The first-order valence-electron chi connectivity index (χ1n) is 27.7. The van der Waals surface area contributed by atoms with Crippen molar-refractivity contribution in [3.05, 3.63) is 109 Å². The SMILES string of the molecule is CC/C=C\C/C=C\C/C=C\C/C=C\C/C=C\CCCC(=O)OC(/C=C/CCCCCCCCCCCCC)C(COP(=O)([O-])OCC[N+](C)(C)C)NC(=O)CCCCCC/C=C/C/C=C/C/C=C/CC. The Morgan fingerprint density at radius 3 is 1.40 bits per heavy atom. The number of unbranched alkanes of at least 4 members (excludes halogenated alkanes) is 16. The van der Waals surface area contributed by atoms with Gasteiger partial charge in [-0.05, 0) is 102 Å². The second-order valence-electron chi connectivity index (χ2n) is 19.3. The third-order valence-electron chi connectivity index (χ3n) is 11.4. The van der Waals surface area contributed by atoms with Crippen molar-refractivity contribution in [1.82, 2.24) is 5.32 Å². The Labute approximate surface area is 430 Å². The molecule has 0 aliphatic heterocycles. The third kappa shape index (κ3) is 49.6. The molecule has 0 fully saturated rings. The van der Waals surface area contributed by atoms with Crippen molar-refractivity contribution in [2.24, 2.45) is 0 Å². The van der Waals surface area contributed by atoms with Gasteiger partial charge in [-0.3, -0.25) is 14.2 Å². The summed E-state index contributed by atoms with van der Waals surface area (Å²) in [6.07, 6.45) is 66.3. The summed E-state index contributed by atoms with van der Waals surface area (Å²) >= 11 is 0. The van der Waals surface area contributed by atoms with E-state index in [4.69, 9.17) is 13.8 Å². The molecule has 0 aromatic carbocycles. The molecule has 0 bridgehead atoms. The van der Waals surface area contributed by atoms with Gasteiger partial charge in [-0.1, -0.05) is 201 Å². The number of carbonyl (C=O) groups excluding carboxylic acids is 2. The van der Waals surface area contributed by atoms with Gasteiger partial charge in [0.1, 0.15) is 19.3 Å². The fraction of sp³-hybridized carbons (Fsp3) is 0.667. The van der Waals surface area contributed by atoms with E-state index in [-0.39, 0.29) is 25.4 Å². The third-order valence-corrected chi connectivity index (χ3v) is 12.4. The average Bonchev–Trinajstić information content (AvgIpc) is 3.32. The number of nitrogens with zero attached hydrogens (tertiary/aromatic N) is 1. The van der Waals surface area contributed by atoms with Gasteiger partial charge in [0.15, 0.2) is 0 Å². The zero-order valence-corrected chi connectivity index (χ0v) is 46.3. The van der Waals surface area contributed by atoms with E-state index in [0.29, 0.717) is 23.9 Å². The van der Waals surface area contributed by atoms with Crippen LogP contribution < -0.4 is 10.2 Å². The van der Waals surface area contributed by atoms with E-state index in [2.05, 4.69) is 123 Å². The minimum atomic E-state index is -4.72. The summed E-state index contributed by atoms with van der Waals surface area (Å²) in [5, 5.41) is 2.98. The van der Waals surface area contributed by atoms with Crippen LogP contribution in [0.1, 0.15) is 207 Å². The van der Waals surface area contributed by atoms with E-state index in [9.17, 15) is 19.0 Å². The minimum absolute atomic E-state index is 0.0414. The summed E-state index contributed by atoms with van der Waals surface area (Å²) in [4.78, 5) is 39.8. The molecule has 0 saturated heterocycles. The highest BCUT2D eigenvalue weighted by molar-refractivity contribution is 7.45. The summed E-state index contributed by atoms with van der Waals surface area (Å²) < 4.78 is 30.1. The van der Waals surface area contributed by atoms with Crippen molar-refractivity contribution in [3.63, 3.8) is 0 Å². The number of hydrogen-bond donors (Lipinski definition) is 1. The van der Waals surface area contributed by atoms with Crippen LogP contribution in [0.3, 0.4) is 0 Å². The number of quaternary nitrogens is 1. The first-order chi connectivity index (χ1) is 33.9. The Bertz CT molecular complexity index is 1570. The minimum Gasteiger partial charge on any atom is -0.756 e. The smallest absolute Gasteiger partial charge is 0.306 e. The van der Waals surface area contributed by atoms with Crippen LogP contribution in [0.25, 0.3) is 0 Å². The molecule has 0 aliphatic carbocycles. The maximum absolute atomic E-state index is 13.5. The molecule has 1 N–H and O–H groups in total. The molecule has 70 heavy (non-hydrogen) atoms. The molecule has 1 amide bonds. The van der Waals surface area contributed by atoms with Crippen molar-refractivity contribution < 1.29 is 37.3 Å². The zero-order valence-electron chi connectivity index (χ0n) is 45.4. The maximum Gasteiger partial charge on any atom is 0.306 e. The lowest BCUT2D eigenvalue weighted by atomic mass is 10.0. The van der Waals surface area contributed by atoms with Gasteiger partial charge >= 0.3 is 5.97 Å². The summed E-state index contributed by atoms with van der Waals surface area (Å²) in [5.41, 5.74) is 0. The fourth-order valence-corrected chi connectivity index (χ4v) is 7.94. The lowest BCUT2D eigenvalue weighted by molar-refractivity contribution is -0.870. The van der Waals surface area contributed by atoms with Crippen LogP contribution >= 0.6 is 7.82 Å². The largest absolute Gasteiger partial charge is 0.756 e. The predicted molar refractivity (Wildman–Crippen MR) is 297 cm³/mol. The van der Waals surface area contributed by atoms with Gasteiger partial charge in [-0.2, -0.15) is 0 Å². The molecular formula is C60H103N2O7P. The van der Waals surface area contributed by atoms with Crippen LogP contribution in [0.5, 0.6) is 0 Å². The van der Waals surface area contributed by atoms with Gasteiger partial charge in [-0.25, -0.2) is 0 Å². The number of phosphoric acid groups is 1. The predicted octanol–water partition coefficient (Wildman–Crippen LogP) is 16.0. The Hall–Kier alpha value is -3.33. The topological polar surface area (TPSA) is 114 Å². The van der Waals surface area contributed by atoms with Gasteiger partial charge < -0.3 is 28.5 Å². The van der Waals surface area contributed by atoms with E-state index in [0.717, 1.165) is 103 Å². The molecule has 0 rings (SSSR count). The molecule has 0 aliphatic rings. The number of carbonyl (C=O) groups is 2. The number of phosphoric ester groups is 1. The standard InChI is InChI=1S/C60H103N2O7P/c1-7-10-13-16-19-22-25-28-30-31-32-35-38-41-44-47-50-53-60(64)69-58(51-48-45-42-39-36-33-27-24-21-18-15-12-9-3)57(56-68-70(65,66)67-55-54-62(4,5)6)61-59(63)52-49-46-43-40-37-34-29-26-23-20-17-14-11-8-2/h10-11,13-14,19-20,22-23,28-30,32,34-35,41,44,48,51,57-58H,7-9,12,15-18,21,24-27,31,33,36-40,42-43,45-47,49-50,52-56H2,1-6H3,(H-,61,63,65,66)/b13-10-,14-11+,22-19-,23-20+,30-28-,34-29+,35-32-,44-41-,51-48+. The molecule has 0 spiro atoms. The van der Waals surface area contributed by atoms with E-state index < -0.39 is 32.5 Å². The molecule has 9 nitrogen and oxygen atoms in total. The van der Waals surface area contributed by atoms with Gasteiger partial charge in [0, 0.05) is 12.8 Å². The van der Waals surface area contributed by atoms with Crippen molar-refractivity contribution in [1.29, 1.82) is 0 Å². The molecule has 0 radical (unpaired) electrons. The van der Waals surface area contributed by atoms with E-state index in [1.54, 1.807) is 6.08 Å². The lowest BCUT2D eigenvalue weighted by Gasteiger charge is -2.30. The molecule has 0 saturated carbocycles. The number of likely N-dealkylation sites (N-methyl/N-ethyl adjacent to an activating group) is 1. The Morgan fingerprint density at radius 2 is 0.929 bits per heavy atom. The van der Waals surface area contributed by atoms with Crippen LogP contribution in [-0.2, 0) is 27.9 Å².